The predicted octanol–water partition coefficient (Wildman–Crippen LogP) is 3.14. The fourth-order valence-corrected chi connectivity index (χ4v) is 4.68. The van der Waals surface area contributed by atoms with E-state index >= 15 is 0 Å². The van der Waals surface area contributed by atoms with Gasteiger partial charge in [-0.15, -0.1) is 0 Å². The highest BCUT2D eigenvalue weighted by atomic mass is 32.2. The van der Waals surface area contributed by atoms with Crippen LogP contribution in [-0.4, -0.2) is 58.1 Å². The summed E-state index contributed by atoms with van der Waals surface area (Å²) in [5, 5.41) is 2.61. The quantitative estimate of drug-likeness (QED) is 0.523. The van der Waals surface area contributed by atoms with Crippen molar-refractivity contribution in [1.29, 1.82) is 0 Å². The molecule has 0 saturated heterocycles. The second kappa shape index (κ2) is 11.9. The van der Waals surface area contributed by atoms with E-state index < -0.39 is 28.5 Å². The van der Waals surface area contributed by atoms with E-state index in [0.717, 1.165) is 21.7 Å². The number of nitrogens with zero attached hydrogens (tertiary/aromatic N) is 2. The van der Waals surface area contributed by atoms with E-state index in [0.29, 0.717) is 17.9 Å². The van der Waals surface area contributed by atoms with E-state index in [2.05, 4.69) is 5.32 Å². The van der Waals surface area contributed by atoms with Crippen molar-refractivity contribution in [3.05, 3.63) is 59.7 Å². The Morgan fingerprint density at radius 2 is 1.68 bits per heavy atom. The molecule has 1 atom stereocenters. The van der Waals surface area contributed by atoms with Crippen molar-refractivity contribution in [2.45, 2.75) is 45.7 Å². The van der Waals surface area contributed by atoms with Crippen LogP contribution in [0.1, 0.15) is 44.2 Å². The lowest BCUT2D eigenvalue weighted by Gasteiger charge is -2.33. The molecule has 186 valence electrons. The van der Waals surface area contributed by atoms with Crippen LogP contribution in [0.5, 0.6) is 5.75 Å². The van der Waals surface area contributed by atoms with E-state index in [1.165, 1.54) is 11.9 Å². The SMILES string of the molecule is CC[C@@H](C(=O)NC)N(Cc1ccc(OC)cc1)C(=O)CN(c1ccccc1C(C)C)S(C)(=O)=O. The molecule has 0 spiro atoms. The molecule has 1 N–H and O–H groups in total. The number of rotatable bonds is 11. The van der Waals surface area contributed by atoms with Gasteiger partial charge >= 0.3 is 0 Å². The smallest absolute Gasteiger partial charge is 0.244 e. The molecule has 0 radical (unpaired) electrons. The van der Waals surface area contributed by atoms with Crippen LogP contribution in [0, 0.1) is 0 Å². The van der Waals surface area contributed by atoms with Gasteiger partial charge in [0.2, 0.25) is 21.8 Å². The molecule has 9 heteroatoms. The molecule has 0 aliphatic heterocycles. The zero-order valence-corrected chi connectivity index (χ0v) is 21.6. The van der Waals surface area contributed by atoms with E-state index in [9.17, 15) is 18.0 Å². The molecule has 0 heterocycles. The van der Waals surface area contributed by atoms with E-state index in [-0.39, 0.29) is 18.4 Å². The van der Waals surface area contributed by atoms with E-state index in [1.54, 1.807) is 31.4 Å². The standard InChI is InChI=1S/C25H35N3O5S/c1-7-22(25(30)26-4)27(16-19-12-14-20(33-5)15-13-19)24(29)17-28(34(6,31)32)23-11-9-8-10-21(23)18(2)3/h8-15,18,22H,7,16-17H2,1-6H3,(H,26,30)/t22-/m0/s1. The number of carbonyl (C=O) groups is 2. The summed E-state index contributed by atoms with van der Waals surface area (Å²) in [4.78, 5) is 27.7. The fraction of sp³-hybridized carbons (Fsp3) is 0.440. The Morgan fingerprint density at radius 1 is 1.06 bits per heavy atom. The van der Waals surface area contributed by atoms with Crippen molar-refractivity contribution in [3.8, 4) is 5.75 Å². The zero-order chi connectivity index (χ0) is 25.5. The normalized spacial score (nSPS) is 12.2. The van der Waals surface area contributed by atoms with Crippen molar-refractivity contribution < 1.29 is 22.7 Å². The Hall–Kier alpha value is -3.07. The third kappa shape index (κ3) is 6.72. The topological polar surface area (TPSA) is 96.0 Å². The van der Waals surface area contributed by atoms with Crippen molar-refractivity contribution in [2.24, 2.45) is 0 Å². The minimum absolute atomic E-state index is 0.0558. The molecule has 0 bridgehead atoms. The third-order valence-corrected chi connectivity index (χ3v) is 6.78. The van der Waals surface area contributed by atoms with Crippen LogP contribution in [0.3, 0.4) is 0 Å². The van der Waals surface area contributed by atoms with Gasteiger partial charge in [0.15, 0.2) is 0 Å². The second-order valence-corrected chi connectivity index (χ2v) is 10.3. The van der Waals surface area contributed by atoms with Crippen LogP contribution in [0.4, 0.5) is 5.69 Å². The summed E-state index contributed by atoms with van der Waals surface area (Å²) < 4.78 is 31.9. The summed E-state index contributed by atoms with van der Waals surface area (Å²) in [5.41, 5.74) is 2.08. The highest BCUT2D eigenvalue weighted by Crippen LogP contribution is 2.29. The van der Waals surface area contributed by atoms with Crippen LogP contribution in [0.25, 0.3) is 0 Å². The molecule has 0 aliphatic carbocycles. The van der Waals surface area contributed by atoms with Crippen molar-refractivity contribution >= 4 is 27.5 Å². The molecule has 0 unspecified atom stereocenters. The number of hydrogen-bond donors (Lipinski definition) is 1. The summed E-state index contributed by atoms with van der Waals surface area (Å²) in [6.45, 7) is 5.49. The first-order valence-corrected chi connectivity index (χ1v) is 13.1. The summed E-state index contributed by atoms with van der Waals surface area (Å²) in [6.07, 6.45) is 1.46. The minimum atomic E-state index is -3.77. The lowest BCUT2D eigenvalue weighted by molar-refractivity contribution is -0.140. The number of carbonyl (C=O) groups excluding carboxylic acids is 2. The molecule has 8 nitrogen and oxygen atoms in total. The highest BCUT2D eigenvalue weighted by Gasteiger charge is 2.32. The molecule has 0 saturated carbocycles. The Morgan fingerprint density at radius 3 is 2.18 bits per heavy atom. The van der Waals surface area contributed by atoms with Gasteiger partial charge in [0.05, 0.1) is 19.1 Å². The second-order valence-electron chi connectivity index (χ2n) is 8.39. The first kappa shape index (κ1) is 27.2. The number of anilines is 1. The molecule has 34 heavy (non-hydrogen) atoms. The van der Waals surface area contributed by atoms with Crippen LogP contribution in [0.15, 0.2) is 48.5 Å². The molecule has 0 fully saturated rings. The largest absolute Gasteiger partial charge is 0.497 e. The van der Waals surface area contributed by atoms with Gasteiger partial charge in [0, 0.05) is 13.6 Å². The first-order chi connectivity index (χ1) is 16.0. The molecule has 2 amide bonds. The zero-order valence-electron chi connectivity index (χ0n) is 20.7. The number of nitrogens with one attached hydrogen (secondary N) is 1. The Bertz CT molecular complexity index is 1080. The van der Waals surface area contributed by atoms with E-state index in [4.69, 9.17) is 4.74 Å². The number of amides is 2. The van der Waals surface area contributed by atoms with Gasteiger partial charge in [-0.1, -0.05) is 51.1 Å². The van der Waals surface area contributed by atoms with Crippen LogP contribution >= 0.6 is 0 Å². The van der Waals surface area contributed by atoms with Gasteiger partial charge in [0.25, 0.3) is 0 Å². The Labute approximate surface area is 202 Å². The number of likely N-dealkylation sites (N-methyl/N-ethyl adjacent to an activating group) is 1. The minimum Gasteiger partial charge on any atom is -0.497 e. The number of methoxy groups -OCH3 is 1. The van der Waals surface area contributed by atoms with Gasteiger partial charge in [0.1, 0.15) is 18.3 Å². The summed E-state index contributed by atoms with van der Waals surface area (Å²) in [6, 6.07) is 13.6. The molecule has 0 aliphatic rings. The van der Waals surface area contributed by atoms with Gasteiger partial charge in [-0.3, -0.25) is 13.9 Å². The molecule has 2 rings (SSSR count). The maximum Gasteiger partial charge on any atom is 0.244 e. The fourth-order valence-electron chi connectivity index (χ4n) is 3.81. The molecule has 2 aromatic rings. The van der Waals surface area contributed by atoms with Crippen molar-refractivity contribution in [3.63, 3.8) is 0 Å². The number of para-hydroxylation sites is 1. The number of hydrogen-bond acceptors (Lipinski definition) is 5. The average Bonchev–Trinajstić information content (AvgIpc) is 2.81. The molecular formula is C25H35N3O5S. The van der Waals surface area contributed by atoms with Crippen molar-refractivity contribution in [2.75, 3.05) is 31.3 Å². The summed E-state index contributed by atoms with van der Waals surface area (Å²) in [7, 11) is -0.690. The van der Waals surface area contributed by atoms with Crippen LogP contribution in [-0.2, 0) is 26.2 Å². The lowest BCUT2D eigenvalue weighted by Crippen LogP contribution is -2.51. The number of sulfonamides is 1. The Kier molecular flexibility index (Phi) is 9.49. The van der Waals surface area contributed by atoms with Crippen molar-refractivity contribution in [1.82, 2.24) is 10.2 Å². The third-order valence-electron chi connectivity index (χ3n) is 5.65. The van der Waals surface area contributed by atoms with Gasteiger partial charge < -0.3 is 15.0 Å². The van der Waals surface area contributed by atoms with Gasteiger partial charge in [-0.25, -0.2) is 8.42 Å². The molecule has 2 aromatic carbocycles. The Balaban J connectivity index is 2.47. The number of benzene rings is 2. The maximum absolute atomic E-state index is 13.6. The molecule has 0 aromatic heterocycles. The predicted molar refractivity (Wildman–Crippen MR) is 134 cm³/mol. The summed E-state index contributed by atoms with van der Waals surface area (Å²) in [5.74, 6) is -0.0400. The van der Waals surface area contributed by atoms with Crippen LogP contribution in [0.2, 0.25) is 0 Å². The summed E-state index contributed by atoms with van der Waals surface area (Å²) >= 11 is 0. The highest BCUT2D eigenvalue weighted by molar-refractivity contribution is 7.92. The maximum atomic E-state index is 13.6. The van der Waals surface area contributed by atoms with E-state index in [1.807, 2.05) is 45.0 Å². The number of ether oxygens (including phenoxy) is 1. The molecular weight excluding hydrogens is 454 g/mol. The van der Waals surface area contributed by atoms with Crippen LogP contribution < -0.4 is 14.4 Å². The lowest BCUT2D eigenvalue weighted by atomic mass is 10.0. The first-order valence-electron chi connectivity index (χ1n) is 11.2. The van der Waals surface area contributed by atoms with Gasteiger partial charge in [-0.05, 0) is 41.7 Å². The average molecular weight is 490 g/mol. The van der Waals surface area contributed by atoms with Gasteiger partial charge in [-0.2, -0.15) is 0 Å². The monoisotopic (exact) mass is 489 g/mol.